The molecule has 0 radical (unpaired) electrons. The van der Waals surface area contributed by atoms with Crippen molar-refractivity contribution in [3.63, 3.8) is 0 Å². The molecule has 1 saturated heterocycles. The number of methoxy groups -OCH3 is 1. The number of amides is 1. The Morgan fingerprint density at radius 3 is 3.05 bits per heavy atom. The lowest BCUT2D eigenvalue weighted by molar-refractivity contribution is -0.133. The Balaban J connectivity index is 1.56. The zero-order valence-corrected chi connectivity index (χ0v) is 13.4. The molecular formula is C15H20N4O2S. The molecular weight excluding hydrogens is 300 g/mol. The number of nitrogens with one attached hydrogen (secondary N) is 1. The zero-order chi connectivity index (χ0) is 15.4. The number of ether oxygens (including phenoxy) is 1. The van der Waals surface area contributed by atoms with Gasteiger partial charge in [0.05, 0.1) is 18.4 Å². The molecule has 22 heavy (non-hydrogen) atoms. The van der Waals surface area contributed by atoms with Crippen LogP contribution in [0.3, 0.4) is 0 Å². The van der Waals surface area contributed by atoms with Crippen molar-refractivity contribution < 1.29 is 9.53 Å². The molecule has 118 valence electrons. The average molecular weight is 320 g/mol. The van der Waals surface area contributed by atoms with Crippen LogP contribution in [-0.2, 0) is 9.53 Å². The molecule has 0 bridgehead atoms. The van der Waals surface area contributed by atoms with E-state index in [4.69, 9.17) is 4.74 Å². The van der Waals surface area contributed by atoms with Crippen molar-refractivity contribution in [3.05, 3.63) is 17.8 Å². The Hall–Kier alpha value is -1.73. The number of carbonyl (C=O) groups is 1. The number of nitrogens with zero attached hydrogens (tertiary/aromatic N) is 3. The Labute approximate surface area is 133 Å². The summed E-state index contributed by atoms with van der Waals surface area (Å²) < 4.78 is 4.96. The lowest BCUT2D eigenvalue weighted by Crippen LogP contribution is -2.42. The second kappa shape index (κ2) is 7.02. The summed E-state index contributed by atoms with van der Waals surface area (Å²) in [6.45, 7) is 2.07. The number of carbonyl (C=O) groups excluding carboxylic acids is 1. The van der Waals surface area contributed by atoms with Gasteiger partial charge in [0, 0.05) is 26.2 Å². The largest absolute Gasteiger partial charge is 0.384 e. The summed E-state index contributed by atoms with van der Waals surface area (Å²) in [4.78, 5) is 23.5. The number of likely N-dealkylation sites (tertiary alicyclic amines) is 1. The van der Waals surface area contributed by atoms with E-state index in [1.165, 1.54) is 0 Å². The van der Waals surface area contributed by atoms with Gasteiger partial charge in [0.25, 0.3) is 0 Å². The van der Waals surface area contributed by atoms with Gasteiger partial charge in [-0.15, -0.1) is 11.3 Å². The van der Waals surface area contributed by atoms with Crippen molar-refractivity contribution in [1.82, 2.24) is 14.9 Å². The van der Waals surface area contributed by atoms with Gasteiger partial charge in [-0.1, -0.05) is 0 Å². The van der Waals surface area contributed by atoms with Crippen LogP contribution >= 0.6 is 11.3 Å². The van der Waals surface area contributed by atoms with Gasteiger partial charge in [-0.05, 0) is 24.3 Å². The van der Waals surface area contributed by atoms with E-state index in [1.807, 2.05) is 16.3 Å². The molecule has 0 unspecified atom stereocenters. The fourth-order valence-electron chi connectivity index (χ4n) is 2.72. The molecule has 6 nitrogen and oxygen atoms in total. The van der Waals surface area contributed by atoms with Crippen molar-refractivity contribution in [2.45, 2.75) is 25.3 Å². The molecule has 0 saturated carbocycles. The van der Waals surface area contributed by atoms with Crippen molar-refractivity contribution in [2.24, 2.45) is 0 Å². The number of hydrogen-bond acceptors (Lipinski definition) is 6. The second-order valence-electron chi connectivity index (χ2n) is 5.40. The predicted octanol–water partition coefficient (Wildman–Crippen LogP) is 2.13. The first-order valence-corrected chi connectivity index (χ1v) is 8.37. The maximum atomic E-state index is 12.0. The summed E-state index contributed by atoms with van der Waals surface area (Å²) in [5.74, 6) is 1.08. The minimum atomic E-state index is 0.183. The highest BCUT2D eigenvalue weighted by molar-refractivity contribution is 7.16. The Morgan fingerprint density at radius 2 is 2.27 bits per heavy atom. The second-order valence-corrected chi connectivity index (χ2v) is 6.30. The third kappa shape index (κ3) is 3.36. The summed E-state index contributed by atoms with van der Waals surface area (Å²) in [6.07, 6.45) is 3.95. The number of fused-ring (bicyclic) bond motifs is 1. The number of thiophene rings is 1. The van der Waals surface area contributed by atoms with Gasteiger partial charge < -0.3 is 15.0 Å². The number of hydrogen-bond donors (Lipinski definition) is 1. The number of piperidine rings is 1. The van der Waals surface area contributed by atoms with Crippen LogP contribution in [0.5, 0.6) is 0 Å². The summed E-state index contributed by atoms with van der Waals surface area (Å²) in [5.41, 5.74) is 0. The Morgan fingerprint density at radius 1 is 1.45 bits per heavy atom. The first-order valence-electron chi connectivity index (χ1n) is 7.49. The molecule has 1 amide bonds. The molecule has 7 heteroatoms. The van der Waals surface area contributed by atoms with E-state index in [-0.39, 0.29) is 5.91 Å². The van der Waals surface area contributed by atoms with Gasteiger partial charge in [0.1, 0.15) is 17.0 Å². The van der Waals surface area contributed by atoms with Gasteiger partial charge in [0.15, 0.2) is 0 Å². The minimum Gasteiger partial charge on any atom is -0.384 e. The number of anilines is 1. The first-order chi connectivity index (χ1) is 10.8. The van der Waals surface area contributed by atoms with Crippen LogP contribution in [0.4, 0.5) is 5.82 Å². The Kier molecular flexibility index (Phi) is 4.84. The monoisotopic (exact) mass is 320 g/mol. The molecule has 0 atom stereocenters. The van der Waals surface area contributed by atoms with Crippen LogP contribution in [0.15, 0.2) is 17.8 Å². The van der Waals surface area contributed by atoms with Crippen LogP contribution in [-0.4, -0.2) is 53.6 Å². The van der Waals surface area contributed by atoms with E-state index in [9.17, 15) is 4.79 Å². The zero-order valence-electron chi connectivity index (χ0n) is 12.6. The van der Waals surface area contributed by atoms with E-state index in [0.717, 1.165) is 42.0 Å². The van der Waals surface area contributed by atoms with Crippen LogP contribution in [0.2, 0.25) is 0 Å². The fourth-order valence-corrected chi connectivity index (χ4v) is 3.45. The van der Waals surface area contributed by atoms with Crippen LogP contribution < -0.4 is 5.32 Å². The molecule has 1 N–H and O–H groups in total. The minimum absolute atomic E-state index is 0.183. The average Bonchev–Trinajstić information content (AvgIpc) is 3.03. The molecule has 0 aliphatic carbocycles. The molecule has 3 rings (SSSR count). The van der Waals surface area contributed by atoms with E-state index < -0.39 is 0 Å². The third-order valence-corrected chi connectivity index (χ3v) is 4.79. The van der Waals surface area contributed by atoms with Crippen molar-refractivity contribution in [1.29, 1.82) is 0 Å². The Bertz CT molecular complexity index is 637. The lowest BCUT2D eigenvalue weighted by Gasteiger charge is -2.32. The van der Waals surface area contributed by atoms with E-state index in [2.05, 4.69) is 15.3 Å². The van der Waals surface area contributed by atoms with Gasteiger partial charge >= 0.3 is 0 Å². The fraction of sp³-hybridized carbons (Fsp3) is 0.533. The van der Waals surface area contributed by atoms with Gasteiger partial charge in [-0.25, -0.2) is 9.97 Å². The van der Waals surface area contributed by atoms with Crippen LogP contribution in [0.1, 0.15) is 19.3 Å². The summed E-state index contributed by atoms with van der Waals surface area (Å²) >= 11 is 1.62. The van der Waals surface area contributed by atoms with E-state index >= 15 is 0 Å². The topological polar surface area (TPSA) is 67.3 Å². The highest BCUT2D eigenvalue weighted by Crippen LogP contribution is 2.25. The number of aromatic nitrogens is 2. The van der Waals surface area contributed by atoms with E-state index in [1.54, 1.807) is 24.8 Å². The van der Waals surface area contributed by atoms with Gasteiger partial charge in [-0.3, -0.25) is 4.79 Å². The summed E-state index contributed by atoms with van der Waals surface area (Å²) in [5, 5.41) is 6.61. The molecule has 0 spiro atoms. The molecule has 1 aliphatic rings. The summed E-state index contributed by atoms with van der Waals surface area (Å²) in [6, 6.07) is 2.40. The number of rotatable bonds is 5. The standard InChI is InChI=1S/C15H20N4O2S/c1-21-8-4-13(20)19-6-2-11(3-7-19)18-14-12-5-9-22-15(12)17-10-16-14/h5,9-11H,2-4,6-8H2,1H3,(H,16,17,18). The molecule has 2 aromatic heterocycles. The molecule has 1 fully saturated rings. The van der Waals surface area contributed by atoms with Crippen LogP contribution in [0, 0.1) is 0 Å². The van der Waals surface area contributed by atoms with Crippen molar-refractivity contribution >= 4 is 33.3 Å². The highest BCUT2D eigenvalue weighted by Gasteiger charge is 2.23. The lowest BCUT2D eigenvalue weighted by atomic mass is 10.0. The molecule has 2 aromatic rings. The normalized spacial score (nSPS) is 16.1. The maximum absolute atomic E-state index is 12.0. The maximum Gasteiger partial charge on any atom is 0.224 e. The van der Waals surface area contributed by atoms with Crippen molar-refractivity contribution in [2.75, 3.05) is 32.1 Å². The smallest absolute Gasteiger partial charge is 0.224 e. The molecule has 1 aliphatic heterocycles. The first kappa shape index (κ1) is 15.2. The third-order valence-electron chi connectivity index (χ3n) is 3.97. The molecule has 0 aromatic carbocycles. The highest BCUT2D eigenvalue weighted by atomic mass is 32.1. The molecule has 3 heterocycles. The van der Waals surface area contributed by atoms with Crippen LogP contribution in [0.25, 0.3) is 10.2 Å². The summed E-state index contributed by atoms with van der Waals surface area (Å²) in [7, 11) is 1.62. The van der Waals surface area contributed by atoms with Gasteiger partial charge in [-0.2, -0.15) is 0 Å². The SMILES string of the molecule is COCCC(=O)N1CCC(Nc2ncnc3sccc23)CC1. The van der Waals surface area contributed by atoms with Crippen molar-refractivity contribution in [3.8, 4) is 0 Å². The quantitative estimate of drug-likeness (QED) is 0.914. The predicted molar refractivity (Wildman–Crippen MR) is 87.1 cm³/mol. The van der Waals surface area contributed by atoms with E-state index in [0.29, 0.717) is 19.1 Å². The van der Waals surface area contributed by atoms with Gasteiger partial charge in [0.2, 0.25) is 5.91 Å².